The van der Waals surface area contributed by atoms with Gasteiger partial charge in [0.1, 0.15) is 0 Å². The lowest BCUT2D eigenvalue weighted by atomic mass is 9.86. The first-order valence-electron chi connectivity index (χ1n) is 10.0. The third kappa shape index (κ3) is 4.61. The van der Waals surface area contributed by atoms with Crippen LogP contribution >= 0.6 is 0 Å². The van der Waals surface area contributed by atoms with E-state index in [0.29, 0.717) is 18.7 Å². The average molecular weight is 379 g/mol. The second kappa shape index (κ2) is 8.17. The highest BCUT2D eigenvalue weighted by atomic mass is 16.2. The molecule has 0 radical (unpaired) electrons. The van der Waals surface area contributed by atoms with Crippen LogP contribution in [-0.2, 0) is 5.41 Å². The maximum Gasteiger partial charge on any atom is 0.254 e. The molecule has 1 N–H and O–H groups in total. The summed E-state index contributed by atoms with van der Waals surface area (Å²) in [6, 6.07) is 15.6. The lowest BCUT2D eigenvalue weighted by Crippen LogP contribution is -2.46. The molecule has 0 atom stereocenters. The number of benzene rings is 2. The molecule has 0 aliphatic carbocycles. The van der Waals surface area contributed by atoms with Crippen LogP contribution in [-0.4, -0.2) is 35.8 Å². The topological polar surface area (TPSA) is 49.4 Å². The maximum atomic E-state index is 12.7. The van der Waals surface area contributed by atoms with Crippen molar-refractivity contribution >= 4 is 11.8 Å². The number of hydrogen-bond donors (Lipinski definition) is 1. The Kier molecular flexibility index (Phi) is 5.87. The largest absolute Gasteiger partial charge is 0.349 e. The Morgan fingerprint density at radius 2 is 1.57 bits per heavy atom. The van der Waals surface area contributed by atoms with Gasteiger partial charge in [-0.1, -0.05) is 51.1 Å². The van der Waals surface area contributed by atoms with Crippen molar-refractivity contribution in [2.75, 3.05) is 13.1 Å². The quantitative estimate of drug-likeness (QED) is 0.864. The van der Waals surface area contributed by atoms with Crippen molar-refractivity contribution in [3.63, 3.8) is 0 Å². The SMILES string of the molecule is Cc1ccccc1C(=O)N1CCC(NC(=O)c2ccc(C(C)(C)C)cc2)CC1. The number of nitrogens with zero attached hydrogens (tertiary/aromatic N) is 1. The number of nitrogens with one attached hydrogen (secondary N) is 1. The van der Waals surface area contributed by atoms with Gasteiger partial charge in [-0.25, -0.2) is 0 Å². The van der Waals surface area contributed by atoms with Crippen molar-refractivity contribution < 1.29 is 9.59 Å². The van der Waals surface area contributed by atoms with Gasteiger partial charge in [0.15, 0.2) is 0 Å². The Hall–Kier alpha value is -2.62. The highest BCUT2D eigenvalue weighted by Crippen LogP contribution is 2.22. The Labute approximate surface area is 167 Å². The molecule has 1 aliphatic rings. The number of carbonyl (C=O) groups excluding carboxylic acids is 2. The molecule has 0 saturated carbocycles. The molecule has 4 nitrogen and oxygen atoms in total. The van der Waals surface area contributed by atoms with Crippen molar-refractivity contribution in [3.8, 4) is 0 Å². The molecular weight excluding hydrogens is 348 g/mol. The molecule has 0 spiro atoms. The zero-order valence-electron chi connectivity index (χ0n) is 17.3. The summed E-state index contributed by atoms with van der Waals surface area (Å²) in [4.78, 5) is 27.2. The fourth-order valence-electron chi connectivity index (χ4n) is 3.60. The predicted molar refractivity (Wildman–Crippen MR) is 113 cm³/mol. The summed E-state index contributed by atoms with van der Waals surface area (Å²) < 4.78 is 0. The summed E-state index contributed by atoms with van der Waals surface area (Å²) in [5.74, 6) is 0.0461. The maximum absolute atomic E-state index is 12.7. The molecule has 1 fully saturated rings. The summed E-state index contributed by atoms with van der Waals surface area (Å²) in [7, 11) is 0. The van der Waals surface area contributed by atoms with Crippen LogP contribution in [0.5, 0.6) is 0 Å². The van der Waals surface area contributed by atoms with E-state index in [-0.39, 0.29) is 23.3 Å². The Bertz CT molecular complexity index is 842. The first kappa shape index (κ1) is 20.1. The fourth-order valence-corrected chi connectivity index (χ4v) is 3.60. The van der Waals surface area contributed by atoms with Crippen molar-refractivity contribution in [1.82, 2.24) is 10.2 Å². The number of amides is 2. The van der Waals surface area contributed by atoms with Crippen molar-refractivity contribution in [2.24, 2.45) is 0 Å². The third-order valence-corrected chi connectivity index (χ3v) is 5.51. The van der Waals surface area contributed by atoms with Crippen LogP contribution in [0.2, 0.25) is 0 Å². The number of piperidine rings is 1. The fraction of sp³-hybridized carbons (Fsp3) is 0.417. The Morgan fingerprint density at radius 3 is 2.14 bits per heavy atom. The molecule has 2 aromatic carbocycles. The summed E-state index contributed by atoms with van der Waals surface area (Å²) >= 11 is 0. The van der Waals surface area contributed by atoms with Crippen molar-refractivity contribution in [2.45, 2.75) is 52.0 Å². The number of rotatable bonds is 3. The molecule has 148 valence electrons. The number of likely N-dealkylation sites (tertiary alicyclic amines) is 1. The van der Waals surface area contributed by atoms with E-state index >= 15 is 0 Å². The van der Waals surface area contributed by atoms with Gasteiger partial charge in [-0.2, -0.15) is 0 Å². The first-order chi connectivity index (χ1) is 13.3. The zero-order chi connectivity index (χ0) is 20.3. The highest BCUT2D eigenvalue weighted by molar-refractivity contribution is 5.96. The standard InChI is InChI=1S/C24H30N2O2/c1-17-7-5-6-8-21(17)23(28)26-15-13-20(14-16-26)25-22(27)18-9-11-19(12-10-18)24(2,3)4/h5-12,20H,13-16H2,1-4H3,(H,25,27). The highest BCUT2D eigenvalue weighted by Gasteiger charge is 2.25. The van der Waals surface area contributed by atoms with E-state index in [0.717, 1.165) is 24.0 Å². The third-order valence-electron chi connectivity index (χ3n) is 5.51. The van der Waals surface area contributed by atoms with Crippen LogP contribution in [0.4, 0.5) is 0 Å². The predicted octanol–water partition coefficient (Wildman–Crippen LogP) is 4.33. The molecule has 2 aromatic rings. The molecule has 0 unspecified atom stereocenters. The van der Waals surface area contributed by atoms with Gasteiger partial charge >= 0.3 is 0 Å². The molecule has 0 bridgehead atoms. The van der Waals surface area contributed by atoms with Gasteiger partial charge < -0.3 is 10.2 Å². The lowest BCUT2D eigenvalue weighted by molar-refractivity contribution is 0.0697. The van der Waals surface area contributed by atoms with Gasteiger partial charge in [0.05, 0.1) is 0 Å². The second-order valence-corrected chi connectivity index (χ2v) is 8.68. The van der Waals surface area contributed by atoms with E-state index in [4.69, 9.17) is 0 Å². The average Bonchev–Trinajstić information content (AvgIpc) is 2.68. The van der Waals surface area contributed by atoms with Crippen LogP contribution in [0.15, 0.2) is 48.5 Å². The molecule has 1 heterocycles. The van der Waals surface area contributed by atoms with Crippen LogP contribution in [0.1, 0.15) is 65.5 Å². The van der Waals surface area contributed by atoms with E-state index in [2.05, 4.69) is 26.1 Å². The number of hydrogen-bond acceptors (Lipinski definition) is 2. The van der Waals surface area contributed by atoms with Gasteiger partial charge in [0.25, 0.3) is 11.8 Å². The van der Waals surface area contributed by atoms with Gasteiger partial charge in [0, 0.05) is 30.3 Å². The van der Waals surface area contributed by atoms with Crippen LogP contribution in [0, 0.1) is 6.92 Å². The van der Waals surface area contributed by atoms with Crippen LogP contribution in [0.25, 0.3) is 0 Å². The van der Waals surface area contributed by atoms with E-state index in [9.17, 15) is 9.59 Å². The Balaban J connectivity index is 1.55. The van der Waals surface area contributed by atoms with Crippen LogP contribution < -0.4 is 5.32 Å². The molecule has 4 heteroatoms. The molecular formula is C24H30N2O2. The summed E-state index contributed by atoms with van der Waals surface area (Å²) in [5.41, 5.74) is 3.75. The Morgan fingerprint density at radius 1 is 0.964 bits per heavy atom. The van der Waals surface area contributed by atoms with Gasteiger partial charge in [0.2, 0.25) is 0 Å². The van der Waals surface area contributed by atoms with Gasteiger partial charge in [-0.15, -0.1) is 0 Å². The number of carbonyl (C=O) groups is 2. The number of aryl methyl sites for hydroxylation is 1. The normalized spacial score (nSPS) is 15.4. The monoisotopic (exact) mass is 378 g/mol. The second-order valence-electron chi connectivity index (χ2n) is 8.68. The minimum absolute atomic E-state index is 0.0378. The zero-order valence-corrected chi connectivity index (χ0v) is 17.3. The van der Waals surface area contributed by atoms with Crippen molar-refractivity contribution in [1.29, 1.82) is 0 Å². The van der Waals surface area contributed by atoms with E-state index < -0.39 is 0 Å². The van der Waals surface area contributed by atoms with E-state index in [1.165, 1.54) is 5.56 Å². The smallest absolute Gasteiger partial charge is 0.254 e. The minimum Gasteiger partial charge on any atom is -0.349 e. The molecule has 0 aromatic heterocycles. The first-order valence-corrected chi connectivity index (χ1v) is 10.0. The van der Waals surface area contributed by atoms with E-state index in [1.807, 2.05) is 60.4 Å². The van der Waals surface area contributed by atoms with Crippen LogP contribution in [0.3, 0.4) is 0 Å². The summed E-state index contributed by atoms with van der Waals surface area (Å²) in [5, 5.41) is 3.13. The van der Waals surface area contributed by atoms with Gasteiger partial charge in [-0.05, 0) is 54.5 Å². The van der Waals surface area contributed by atoms with Crippen molar-refractivity contribution in [3.05, 3.63) is 70.8 Å². The van der Waals surface area contributed by atoms with Gasteiger partial charge in [-0.3, -0.25) is 9.59 Å². The lowest BCUT2D eigenvalue weighted by Gasteiger charge is -2.32. The minimum atomic E-state index is -0.0378. The molecule has 3 rings (SSSR count). The molecule has 1 saturated heterocycles. The molecule has 2 amide bonds. The summed E-state index contributed by atoms with van der Waals surface area (Å²) in [6.07, 6.45) is 1.56. The summed E-state index contributed by atoms with van der Waals surface area (Å²) in [6.45, 7) is 9.78. The molecule has 28 heavy (non-hydrogen) atoms. The van der Waals surface area contributed by atoms with E-state index in [1.54, 1.807) is 0 Å². The molecule has 1 aliphatic heterocycles.